The van der Waals surface area contributed by atoms with Gasteiger partial charge in [0.15, 0.2) is 0 Å². The quantitative estimate of drug-likeness (QED) is 0.806. The van der Waals surface area contributed by atoms with Gasteiger partial charge >= 0.3 is 0 Å². The van der Waals surface area contributed by atoms with Crippen LogP contribution in [0, 0.1) is 0 Å². The third kappa shape index (κ3) is 2.64. The van der Waals surface area contributed by atoms with Crippen LogP contribution in [0.2, 0.25) is 4.34 Å². The number of halogens is 2. The van der Waals surface area contributed by atoms with E-state index in [1.54, 1.807) is 0 Å². The number of aryl methyl sites for hydroxylation is 1. The molecule has 0 saturated heterocycles. The highest BCUT2D eigenvalue weighted by molar-refractivity contribution is 7.16. The molecular weight excluding hydrogens is 301 g/mol. The van der Waals surface area contributed by atoms with Crippen LogP contribution >= 0.6 is 34.5 Å². The number of carbonyl (C=O) groups is 1. The lowest BCUT2D eigenvalue weighted by Gasteiger charge is -2.18. The van der Waals surface area contributed by atoms with Gasteiger partial charge in [0.2, 0.25) is 5.91 Å². The Morgan fingerprint density at radius 2 is 2.05 bits per heavy atom. The Morgan fingerprint density at radius 3 is 2.79 bits per heavy atom. The molecule has 1 atom stereocenters. The number of alkyl halides is 1. The van der Waals surface area contributed by atoms with Crippen molar-refractivity contribution in [2.75, 3.05) is 5.32 Å². The van der Waals surface area contributed by atoms with Crippen LogP contribution in [-0.2, 0) is 11.2 Å². The van der Waals surface area contributed by atoms with E-state index in [9.17, 15) is 4.79 Å². The van der Waals surface area contributed by atoms with E-state index in [-0.39, 0.29) is 11.3 Å². The number of hydrogen-bond acceptors (Lipinski definition) is 2. The van der Waals surface area contributed by atoms with Gasteiger partial charge in [-0.3, -0.25) is 4.79 Å². The van der Waals surface area contributed by atoms with Crippen LogP contribution < -0.4 is 5.32 Å². The number of thiophene rings is 1. The summed E-state index contributed by atoms with van der Waals surface area (Å²) in [5.74, 6) is 0.0766. The van der Waals surface area contributed by atoms with Crippen molar-refractivity contribution in [3.63, 3.8) is 0 Å². The molecule has 2 aromatic rings. The van der Waals surface area contributed by atoms with Crippen LogP contribution in [0.25, 0.3) is 0 Å². The fraction of sp³-hybridized carbons (Fsp3) is 0.214. The van der Waals surface area contributed by atoms with Crippen LogP contribution in [-0.4, -0.2) is 5.91 Å². The summed E-state index contributed by atoms with van der Waals surface area (Å²) in [6, 6.07) is 9.75. The normalized spacial score (nSPS) is 15.8. The maximum atomic E-state index is 11.3. The highest BCUT2D eigenvalue weighted by Gasteiger charge is 2.18. The lowest BCUT2D eigenvalue weighted by molar-refractivity contribution is -0.116. The molecule has 19 heavy (non-hydrogen) atoms. The summed E-state index contributed by atoms with van der Waals surface area (Å²) in [4.78, 5) is 12.4. The van der Waals surface area contributed by atoms with Gasteiger partial charge in [0.25, 0.3) is 0 Å². The molecule has 2 nitrogen and oxygen atoms in total. The number of benzene rings is 1. The lowest BCUT2D eigenvalue weighted by Crippen LogP contribution is -2.19. The van der Waals surface area contributed by atoms with Crippen molar-refractivity contribution in [2.24, 2.45) is 0 Å². The van der Waals surface area contributed by atoms with Crippen LogP contribution in [0.1, 0.15) is 27.8 Å². The standard InChI is InChI=1S/C14H11Cl2NOS/c15-12-5-4-11(19-12)14(16)9-1-3-10-8(7-9)2-6-13(18)17-10/h1,3-5,7,14H,2,6H2,(H,17,18). The van der Waals surface area contributed by atoms with Crippen molar-refractivity contribution in [2.45, 2.75) is 18.2 Å². The predicted molar refractivity (Wildman–Crippen MR) is 80.4 cm³/mol. The molecule has 1 aliphatic heterocycles. The number of carbonyl (C=O) groups excluding carboxylic acids is 1. The fourth-order valence-corrected chi connectivity index (χ4v) is 3.60. The summed E-state index contributed by atoms with van der Waals surface area (Å²) < 4.78 is 0.742. The Morgan fingerprint density at radius 1 is 1.21 bits per heavy atom. The molecule has 3 rings (SSSR count). The summed E-state index contributed by atoms with van der Waals surface area (Å²) in [6.45, 7) is 0. The average Bonchev–Trinajstić information content (AvgIpc) is 2.84. The Labute approximate surface area is 125 Å². The molecule has 1 amide bonds. The molecule has 1 unspecified atom stereocenters. The fourth-order valence-electron chi connectivity index (χ4n) is 2.19. The minimum atomic E-state index is -0.194. The van der Waals surface area contributed by atoms with E-state index in [2.05, 4.69) is 11.4 Å². The number of amides is 1. The first-order chi connectivity index (χ1) is 9.13. The summed E-state index contributed by atoms with van der Waals surface area (Å²) in [5.41, 5.74) is 3.08. The third-order valence-corrected chi connectivity index (χ3v) is 5.07. The van der Waals surface area contributed by atoms with Gasteiger partial charge in [-0.2, -0.15) is 0 Å². The van der Waals surface area contributed by atoms with Crippen molar-refractivity contribution < 1.29 is 4.79 Å². The molecule has 0 fully saturated rings. The van der Waals surface area contributed by atoms with E-state index >= 15 is 0 Å². The summed E-state index contributed by atoms with van der Waals surface area (Å²) in [7, 11) is 0. The zero-order valence-corrected chi connectivity index (χ0v) is 12.3. The summed E-state index contributed by atoms with van der Waals surface area (Å²) >= 11 is 13.9. The first-order valence-electron chi connectivity index (χ1n) is 5.95. The molecule has 98 valence electrons. The smallest absolute Gasteiger partial charge is 0.224 e. The van der Waals surface area contributed by atoms with Crippen LogP contribution in [0.15, 0.2) is 30.3 Å². The minimum absolute atomic E-state index is 0.0766. The maximum absolute atomic E-state index is 11.3. The van der Waals surface area contributed by atoms with E-state index in [0.29, 0.717) is 6.42 Å². The van der Waals surface area contributed by atoms with Gasteiger partial charge in [0.1, 0.15) is 0 Å². The van der Waals surface area contributed by atoms with Crippen molar-refractivity contribution in [3.8, 4) is 0 Å². The first kappa shape index (κ1) is 13.0. The Hall–Kier alpha value is -1.03. The van der Waals surface area contributed by atoms with Crippen LogP contribution in [0.4, 0.5) is 5.69 Å². The second kappa shape index (κ2) is 5.16. The van der Waals surface area contributed by atoms with Crippen molar-refractivity contribution >= 4 is 46.1 Å². The maximum Gasteiger partial charge on any atom is 0.224 e. The van der Waals surface area contributed by atoms with Gasteiger partial charge < -0.3 is 5.32 Å². The number of hydrogen-bond donors (Lipinski definition) is 1. The van der Waals surface area contributed by atoms with Crippen LogP contribution in [0.3, 0.4) is 0 Å². The molecule has 0 bridgehead atoms. The van der Waals surface area contributed by atoms with Gasteiger partial charge in [-0.25, -0.2) is 0 Å². The van der Waals surface area contributed by atoms with Crippen molar-refractivity contribution in [1.82, 2.24) is 0 Å². The average molecular weight is 312 g/mol. The zero-order valence-electron chi connectivity index (χ0n) is 9.95. The SMILES string of the molecule is O=C1CCc2cc(C(Cl)c3ccc(Cl)s3)ccc2N1. The second-order valence-corrected chi connectivity index (χ2v) is 6.65. The first-order valence-corrected chi connectivity index (χ1v) is 7.58. The van der Waals surface area contributed by atoms with Gasteiger partial charge in [-0.1, -0.05) is 23.7 Å². The molecule has 0 radical (unpaired) electrons. The zero-order chi connectivity index (χ0) is 13.4. The number of rotatable bonds is 2. The Balaban J connectivity index is 1.92. The predicted octanol–water partition coefficient (Wildman–Crippen LogP) is 4.61. The molecule has 5 heteroatoms. The molecule has 1 N–H and O–H groups in total. The van der Waals surface area contributed by atoms with Gasteiger partial charge in [-0.05, 0) is 35.7 Å². The van der Waals surface area contributed by atoms with E-state index in [4.69, 9.17) is 23.2 Å². The van der Waals surface area contributed by atoms with E-state index in [1.807, 2.05) is 24.3 Å². The van der Waals surface area contributed by atoms with Gasteiger partial charge in [0, 0.05) is 17.0 Å². The molecule has 0 spiro atoms. The highest BCUT2D eigenvalue weighted by atomic mass is 35.5. The van der Waals surface area contributed by atoms with E-state index in [0.717, 1.165) is 32.4 Å². The molecular formula is C14H11Cl2NOS. The number of fused-ring (bicyclic) bond motifs is 1. The molecule has 2 heterocycles. The number of nitrogens with one attached hydrogen (secondary N) is 1. The van der Waals surface area contributed by atoms with Crippen molar-refractivity contribution in [3.05, 3.63) is 50.7 Å². The highest BCUT2D eigenvalue weighted by Crippen LogP contribution is 2.37. The molecule has 1 aliphatic rings. The summed E-state index contributed by atoms with van der Waals surface area (Å²) in [5, 5.41) is 2.68. The topological polar surface area (TPSA) is 29.1 Å². The third-order valence-electron chi connectivity index (χ3n) is 3.16. The summed E-state index contributed by atoms with van der Waals surface area (Å²) in [6.07, 6.45) is 1.30. The molecule has 0 saturated carbocycles. The monoisotopic (exact) mass is 311 g/mol. The number of anilines is 1. The minimum Gasteiger partial charge on any atom is -0.326 e. The van der Waals surface area contributed by atoms with Gasteiger partial charge in [-0.15, -0.1) is 22.9 Å². The second-order valence-electron chi connectivity index (χ2n) is 4.47. The van der Waals surface area contributed by atoms with Crippen molar-refractivity contribution in [1.29, 1.82) is 0 Å². The van der Waals surface area contributed by atoms with E-state index < -0.39 is 0 Å². The lowest BCUT2D eigenvalue weighted by atomic mass is 9.99. The van der Waals surface area contributed by atoms with E-state index in [1.165, 1.54) is 11.3 Å². The molecule has 0 aliphatic carbocycles. The Bertz CT molecular complexity index is 638. The molecule has 1 aromatic heterocycles. The van der Waals surface area contributed by atoms with Gasteiger partial charge in [0.05, 0.1) is 9.71 Å². The Kier molecular flexibility index (Phi) is 3.52. The van der Waals surface area contributed by atoms with Crippen LogP contribution in [0.5, 0.6) is 0 Å². The largest absolute Gasteiger partial charge is 0.326 e. The molecule has 1 aromatic carbocycles.